The average Bonchev–Trinajstić information content (AvgIpc) is 3.76. The first-order valence-corrected chi connectivity index (χ1v) is 19.7. The molecule has 5 aliphatic rings. The highest BCUT2D eigenvalue weighted by Gasteiger charge is 2.46. The number of fused-ring (bicyclic) bond motifs is 2. The van der Waals surface area contributed by atoms with Crippen LogP contribution in [0.5, 0.6) is 11.5 Å². The molecular weight excluding hydrogens is 707 g/mol. The molecule has 0 bridgehead atoms. The molecule has 4 fully saturated rings. The number of anilines is 1. The first kappa shape index (κ1) is 34.9. The van der Waals surface area contributed by atoms with Gasteiger partial charge in [0.05, 0.1) is 30.8 Å². The van der Waals surface area contributed by atoms with Gasteiger partial charge in [-0.15, -0.1) is 11.3 Å². The lowest BCUT2D eigenvalue weighted by Gasteiger charge is -2.55. The summed E-state index contributed by atoms with van der Waals surface area (Å²) in [6.07, 6.45) is 4.82. The summed E-state index contributed by atoms with van der Waals surface area (Å²) in [5.41, 5.74) is 8.17. The molecule has 4 aromatic rings. The van der Waals surface area contributed by atoms with Gasteiger partial charge in [-0.1, -0.05) is 6.07 Å². The fourth-order valence-electron chi connectivity index (χ4n) is 9.29. The Bertz CT molecular complexity index is 2200. The molecule has 1 atom stereocenters. The molecule has 1 unspecified atom stereocenters. The SMILES string of the molecule is COc1cc(-c2cn(C)c(=O)c3scnc23)cc(OC)c1CN1CC(CN2CCC3(CC2)CN(c2ccc4c(c2)C(=O)N(C2CCC(=O)NC2=O)C4)C3)C1. The molecule has 0 radical (unpaired) electrons. The number of aromatic nitrogens is 2. The topological polar surface area (TPSA) is 130 Å². The molecule has 5 aliphatic heterocycles. The maximum atomic E-state index is 13.3. The Hall–Kier alpha value is -4.79. The van der Waals surface area contributed by atoms with Gasteiger partial charge in [-0.2, -0.15) is 0 Å². The van der Waals surface area contributed by atoms with Gasteiger partial charge in [0.2, 0.25) is 11.8 Å². The van der Waals surface area contributed by atoms with E-state index < -0.39 is 6.04 Å². The van der Waals surface area contributed by atoms with E-state index in [1.165, 1.54) is 24.2 Å². The van der Waals surface area contributed by atoms with Crippen molar-refractivity contribution < 1.29 is 23.9 Å². The molecule has 1 spiro atoms. The number of hydrogen-bond acceptors (Lipinski definition) is 11. The number of nitrogens with zero attached hydrogens (tertiary/aromatic N) is 6. The summed E-state index contributed by atoms with van der Waals surface area (Å²) in [4.78, 5) is 63.6. The van der Waals surface area contributed by atoms with Crippen molar-refractivity contribution in [1.29, 1.82) is 0 Å². The first-order chi connectivity index (χ1) is 26.1. The number of rotatable bonds is 9. The van der Waals surface area contributed by atoms with Crippen molar-refractivity contribution in [3.63, 3.8) is 0 Å². The predicted octanol–water partition coefficient (Wildman–Crippen LogP) is 3.47. The van der Waals surface area contributed by atoms with Crippen LogP contribution in [0.3, 0.4) is 0 Å². The molecule has 54 heavy (non-hydrogen) atoms. The minimum atomic E-state index is -0.590. The second-order valence-corrected chi connectivity index (χ2v) is 16.7. The Balaban J connectivity index is 0.768. The molecule has 7 heterocycles. The van der Waals surface area contributed by atoms with Crippen molar-refractivity contribution in [2.75, 3.05) is 64.9 Å². The van der Waals surface area contributed by atoms with Crippen LogP contribution in [0.2, 0.25) is 0 Å². The highest BCUT2D eigenvalue weighted by Crippen LogP contribution is 2.44. The van der Waals surface area contributed by atoms with Gasteiger partial charge in [0, 0.05) is 87.7 Å². The van der Waals surface area contributed by atoms with E-state index in [2.05, 4.69) is 31.1 Å². The van der Waals surface area contributed by atoms with Crippen LogP contribution in [0.1, 0.15) is 47.2 Å². The van der Waals surface area contributed by atoms with E-state index in [1.54, 1.807) is 36.2 Å². The number of carbonyl (C=O) groups excluding carboxylic acids is 3. The molecule has 14 heteroatoms. The number of thiazole rings is 1. The number of aryl methyl sites for hydroxylation is 1. The summed E-state index contributed by atoms with van der Waals surface area (Å²) in [5, 5.41) is 2.38. The lowest BCUT2D eigenvalue weighted by atomic mass is 9.71. The largest absolute Gasteiger partial charge is 0.496 e. The third-order valence-corrected chi connectivity index (χ3v) is 13.2. The highest BCUT2D eigenvalue weighted by molar-refractivity contribution is 7.16. The molecule has 0 saturated carbocycles. The van der Waals surface area contributed by atoms with Crippen LogP contribution in [0, 0.1) is 11.3 Å². The third-order valence-electron chi connectivity index (χ3n) is 12.4. The van der Waals surface area contributed by atoms with Crippen molar-refractivity contribution in [3.8, 4) is 22.6 Å². The summed E-state index contributed by atoms with van der Waals surface area (Å²) in [5.74, 6) is 1.39. The monoisotopic (exact) mass is 751 g/mol. The van der Waals surface area contributed by atoms with E-state index >= 15 is 0 Å². The zero-order valence-electron chi connectivity index (χ0n) is 30.9. The smallest absolute Gasteiger partial charge is 0.269 e. The van der Waals surface area contributed by atoms with Crippen molar-refractivity contribution in [2.24, 2.45) is 18.4 Å². The van der Waals surface area contributed by atoms with Crippen molar-refractivity contribution in [2.45, 2.75) is 44.8 Å². The third kappa shape index (κ3) is 6.04. The maximum Gasteiger partial charge on any atom is 0.269 e. The second kappa shape index (κ2) is 13.5. The lowest BCUT2D eigenvalue weighted by molar-refractivity contribution is -0.136. The quantitative estimate of drug-likeness (QED) is 0.254. The second-order valence-electron chi connectivity index (χ2n) is 15.8. The Labute approximate surface area is 317 Å². The van der Waals surface area contributed by atoms with Gasteiger partial charge < -0.3 is 28.7 Å². The fourth-order valence-corrected chi connectivity index (χ4v) is 10.1. The number of amides is 3. The molecule has 0 aliphatic carbocycles. The number of piperidine rings is 2. The molecule has 2 aromatic heterocycles. The Morgan fingerprint density at radius 2 is 1.70 bits per heavy atom. The minimum absolute atomic E-state index is 0.0489. The number of nitrogens with one attached hydrogen (secondary N) is 1. The number of hydrogen-bond donors (Lipinski definition) is 1. The van der Waals surface area contributed by atoms with Gasteiger partial charge >= 0.3 is 0 Å². The number of imide groups is 1. The van der Waals surface area contributed by atoms with Crippen molar-refractivity contribution in [3.05, 3.63) is 69.1 Å². The number of pyridine rings is 1. The molecular formula is C40H45N7O6S. The van der Waals surface area contributed by atoms with E-state index in [1.807, 2.05) is 30.5 Å². The van der Waals surface area contributed by atoms with Crippen molar-refractivity contribution in [1.82, 2.24) is 29.6 Å². The average molecular weight is 752 g/mol. The number of carbonyl (C=O) groups is 3. The van der Waals surface area contributed by atoms with Gasteiger partial charge in [0.1, 0.15) is 22.2 Å². The van der Waals surface area contributed by atoms with E-state index in [9.17, 15) is 19.2 Å². The van der Waals surface area contributed by atoms with Gasteiger partial charge in [0.25, 0.3) is 11.5 Å². The Morgan fingerprint density at radius 1 is 0.963 bits per heavy atom. The van der Waals surface area contributed by atoms with E-state index in [0.29, 0.717) is 40.1 Å². The zero-order valence-corrected chi connectivity index (χ0v) is 31.7. The molecule has 13 nitrogen and oxygen atoms in total. The van der Waals surface area contributed by atoms with Crippen LogP contribution in [-0.4, -0.2) is 108 Å². The molecule has 2 aromatic carbocycles. The number of ether oxygens (including phenoxy) is 2. The van der Waals surface area contributed by atoms with E-state index in [0.717, 1.165) is 91.8 Å². The van der Waals surface area contributed by atoms with Crippen LogP contribution in [0.4, 0.5) is 5.69 Å². The molecule has 3 amide bonds. The van der Waals surface area contributed by atoms with E-state index in [4.69, 9.17) is 9.47 Å². The van der Waals surface area contributed by atoms with Crippen molar-refractivity contribution >= 4 is 45.0 Å². The van der Waals surface area contributed by atoms with Gasteiger partial charge in [-0.25, -0.2) is 4.98 Å². The zero-order chi connectivity index (χ0) is 37.3. The number of methoxy groups -OCH3 is 2. The van der Waals surface area contributed by atoms with Crippen LogP contribution < -0.4 is 25.2 Å². The summed E-state index contributed by atoms with van der Waals surface area (Å²) in [7, 11) is 5.15. The number of benzene rings is 2. The Morgan fingerprint density at radius 3 is 2.41 bits per heavy atom. The number of likely N-dealkylation sites (tertiary alicyclic amines) is 2. The normalized spacial score (nSPS) is 21.7. The standard InChI is InChI=1S/C40H45N7O6S/c1-43-19-29(35-36(39(43)51)54-23-41-35)26-12-32(52-2)30(33(13-26)53-3)20-45-16-24(17-45)15-44-10-8-40(9-11-44)21-46(22-40)27-5-4-25-18-47(38(50)28(25)14-27)31-6-7-34(48)42-37(31)49/h4-5,12-14,19,23-24,31H,6-11,15-18,20-22H2,1-3H3,(H,42,48,49). The summed E-state index contributed by atoms with van der Waals surface area (Å²) in [6.45, 7) is 8.53. The lowest BCUT2D eigenvalue weighted by Crippen LogP contribution is -2.61. The van der Waals surface area contributed by atoms with Gasteiger partial charge in [-0.3, -0.25) is 29.4 Å². The highest BCUT2D eigenvalue weighted by atomic mass is 32.1. The summed E-state index contributed by atoms with van der Waals surface area (Å²) < 4.78 is 14.0. The van der Waals surface area contributed by atoms with Crippen LogP contribution in [-0.2, 0) is 29.7 Å². The van der Waals surface area contributed by atoms with E-state index in [-0.39, 0.29) is 29.7 Å². The summed E-state index contributed by atoms with van der Waals surface area (Å²) in [6, 6.07) is 9.60. The molecule has 1 N–H and O–H groups in total. The van der Waals surface area contributed by atoms with Crippen LogP contribution in [0.25, 0.3) is 21.3 Å². The fraction of sp³-hybridized carbons (Fsp3) is 0.475. The minimum Gasteiger partial charge on any atom is -0.496 e. The molecule has 9 rings (SSSR count). The maximum absolute atomic E-state index is 13.3. The van der Waals surface area contributed by atoms with Gasteiger partial charge in [-0.05, 0) is 73.7 Å². The first-order valence-electron chi connectivity index (χ1n) is 18.8. The van der Waals surface area contributed by atoms with Crippen LogP contribution >= 0.6 is 11.3 Å². The Kier molecular flexibility index (Phi) is 8.74. The predicted molar refractivity (Wildman–Crippen MR) is 205 cm³/mol. The molecule has 282 valence electrons. The van der Waals surface area contributed by atoms with Crippen LogP contribution in [0.15, 0.2) is 46.8 Å². The summed E-state index contributed by atoms with van der Waals surface area (Å²) >= 11 is 1.36. The molecule has 4 saturated heterocycles. The van der Waals surface area contributed by atoms with Gasteiger partial charge in [0.15, 0.2) is 0 Å².